The summed E-state index contributed by atoms with van der Waals surface area (Å²) in [6.07, 6.45) is 3.69. The Balaban J connectivity index is 1.84. The molecule has 0 aromatic carbocycles. The molecule has 0 spiro atoms. The summed E-state index contributed by atoms with van der Waals surface area (Å²) in [5, 5.41) is 0.456. The van der Waals surface area contributed by atoms with Gasteiger partial charge in [-0.1, -0.05) is 11.3 Å². The number of rotatable bonds is 4. The molecule has 1 fully saturated rings. The molecule has 7 heteroatoms. The van der Waals surface area contributed by atoms with Crippen LogP contribution in [-0.2, 0) is 0 Å². The van der Waals surface area contributed by atoms with Gasteiger partial charge in [-0.2, -0.15) is 11.8 Å². The second-order valence-electron chi connectivity index (χ2n) is 4.19. The summed E-state index contributed by atoms with van der Waals surface area (Å²) in [5.74, 6) is 1.22. The maximum absolute atomic E-state index is 12.2. The van der Waals surface area contributed by atoms with E-state index >= 15 is 0 Å². The van der Waals surface area contributed by atoms with Gasteiger partial charge in [-0.15, -0.1) is 0 Å². The highest BCUT2D eigenvalue weighted by Gasteiger charge is 2.23. The number of thioether (sulfide) groups is 1. The maximum Gasteiger partial charge on any atom is 0.265 e. The number of nitrogen functional groups attached to an aromatic ring is 1. The molecular weight excluding hydrogens is 268 g/mol. The molecule has 1 saturated heterocycles. The lowest BCUT2D eigenvalue weighted by Gasteiger charge is -2.34. The van der Waals surface area contributed by atoms with E-state index in [2.05, 4.69) is 16.1 Å². The number of anilines is 1. The van der Waals surface area contributed by atoms with E-state index in [-0.39, 0.29) is 5.91 Å². The second-order valence-corrected chi connectivity index (χ2v) is 6.24. The van der Waals surface area contributed by atoms with E-state index in [9.17, 15) is 4.79 Å². The van der Waals surface area contributed by atoms with Gasteiger partial charge in [-0.25, -0.2) is 4.98 Å². The number of carbonyl (C=O) groups excluding carboxylic acids is 1. The summed E-state index contributed by atoms with van der Waals surface area (Å²) in [4.78, 5) is 21.0. The Kier molecular flexibility index (Phi) is 4.85. The summed E-state index contributed by atoms with van der Waals surface area (Å²) in [5.41, 5.74) is 5.55. The fourth-order valence-electron chi connectivity index (χ4n) is 1.94. The number of amides is 1. The Morgan fingerprint density at radius 3 is 2.78 bits per heavy atom. The van der Waals surface area contributed by atoms with Crippen LogP contribution in [0.15, 0.2) is 6.20 Å². The first-order valence-corrected chi connectivity index (χ1v) is 8.13. The Bertz CT molecular complexity index is 402. The smallest absolute Gasteiger partial charge is 0.265 e. The molecule has 1 aromatic heterocycles. The molecule has 0 bridgehead atoms. The number of aromatic nitrogens is 1. The van der Waals surface area contributed by atoms with Crippen molar-refractivity contribution >= 4 is 34.1 Å². The molecule has 1 aliphatic rings. The van der Waals surface area contributed by atoms with E-state index in [1.54, 1.807) is 6.20 Å². The Labute approximate surface area is 115 Å². The molecule has 2 rings (SSSR count). The minimum atomic E-state index is 0.0636. The van der Waals surface area contributed by atoms with Crippen molar-refractivity contribution in [1.29, 1.82) is 0 Å². The third-order valence-corrected chi connectivity index (χ3v) is 4.41. The lowest BCUT2D eigenvalue weighted by atomic mass is 10.3. The molecule has 18 heavy (non-hydrogen) atoms. The first kappa shape index (κ1) is 13.6. The van der Waals surface area contributed by atoms with Gasteiger partial charge in [0.15, 0.2) is 5.13 Å². The predicted octanol–water partition coefficient (Wildman–Crippen LogP) is 0.846. The van der Waals surface area contributed by atoms with Gasteiger partial charge >= 0.3 is 0 Å². The highest BCUT2D eigenvalue weighted by Crippen LogP contribution is 2.17. The van der Waals surface area contributed by atoms with Crippen LogP contribution in [-0.4, -0.2) is 65.4 Å². The van der Waals surface area contributed by atoms with Crippen LogP contribution in [0, 0.1) is 0 Å². The van der Waals surface area contributed by atoms with Crippen LogP contribution in [0.4, 0.5) is 5.13 Å². The Morgan fingerprint density at radius 1 is 1.50 bits per heavy atom. The van der Waals surface area contributed by atoms with Gasteiger partial charge in [-0.3, -0.25) is 9.69 Å². The molecule has 0 radical (unpaired) electrons. The van der Waals surface area contributed by atoms with Crippen LogP contribution in [0.2, 0.25) is 0 Å². The highest BCUT2D eigenvalue weighted by atomic mass is 32.2. The molecule has 2 heterocycles. The van der Waals surface area contributed by atoms with Gasteiger partial charge in [0.1, 0.15) is 4.88 Å². The quantitative estimate of drug-likeness (QED) is 0.889. The van der Waals surface area contributed by atoms with Crippen molar-refractivity contribution in [3.8, 4) is 0 Å². The number of hydrogen-bond donors (Lipinski definition) is 1. The third kappa shape index (κ3) is 3.37. The van der Waals surface area contributed by atoms with Crippen molar-refractivity contribution in [3.05, 3.63) is 11.1 Å². The monoisotopic (exact) mass is 286 g/mol. The highest BCUT2D eigenvalue weighted by molar-refractivity contribution is 7.98. The van der Waals surface area contributed by atoms with Crippen molar-refractivity contribution in [3.63, 3.8) is 0 Å². The van der Waals surface area contributed by atoms with E-state index in [4.69, 9.17) is 5.73 Å². The largest absolute Gasteiger partial charge is 0.375 e. The average Bonchev–Trinajstić information content (AvgIpc) is 2.83. The van der Waals surface area contributed by atoms with Gasteiger partial charge in [0.25, 0.3) is 5.91 Å². The van der Waals surface area contributed by atoms with Crippen molar-refractivity contribution in [1.82, 2.24) is 14.8 Å². The number of hydrogen-bond acceptors (Lipinski definition) is 6. The zero-order chi connectivity index (χ0) is 13.0. The first-order valence-electron chi connectivity index (χ1n) is 5.92. The summed E-state index contributed by atoms with van der Waals surface area (Å²) >= 11 is 3.12. The van der Waals surface area contributed by atoms with E-state index in [1.165, 1.54) is 11.3 Å². The van der Waals surface area contributed by atoms with E-state index in [1.807, 2.05) is 16.7 Å². The van der Waals surface area contributed by atoms with Crippen LogP contribution in [0.3, 0.4) is 0 Å². The Morgan fingerprint density at radius 2 is 2.22 bits per heavy atom. The second kappa shape index (κ2) is 6.40. The van der Waals surface area contributed by atoms with Crippen molar-refractivity contribution in [2.75, 3.05) is 50.5 Å². The molecule has 1 amide bonds. The molecule has 0 unspecified atom stereocenters. The van der Waals surface area contributed by atoms with E-state index in [0.717, 1.165) is 38.5 Å². The van der Waals surface area contributed by atoms with Crippen LogP contribution < -0.4 is 5.73 Å². The first-order chi connectivity index (χ1) is 8.70. The minimum absolute atomic E-state index is 0.0636. The molecule has 1 aromatic rings. The number of nitrogens with zero attached hydrogens (tertiary/aromatic N) is 3. The van der Waals surface area contributed by atoms with Crippen molar-refractivity contribution in [2.24, 2.45) is 0 Å². The predicted molar refractivity (Wildman–Crippen MR) is 77.3 cm³/mol. The molecule has 0 aliphatic carbocycles. The zero-order valence-electron chi connectivity index (χ0n) is 10.5. The molecule has 2 N–H and O–H groups in total. The van der Waals surface area contributed by atoms with Crippen molar-refractivity contribution in [2.45, 2.75) is 0 Å². The zero-order valence-corrected chi connectivity index (χ0v) is 12.1. The number of carbonyl (C=O) groups is 1. The molecule has 100 valence electrons. The van der Waals surface area contributed by atoms with E-state index in [0.29, 0.717) is 10.0 Å². The van der Waals surface area contributed by atoms with Crippen molar-refractivity contribution < 1.29 is 4.79 Å². The van der Waals surface area contributed by atoms with Gasteiger partial charge < -0.3 is 10.6 Å². The molecule has 5 nitrogen and oxygen atoms in total. The maximum atomic E-state index is 12.2. The van der Waals surface area contributed by atoms with Gasteiger partial charge in [0.05, 0.1) is 6.20 Å². The number of nitrogens with two attached hydrogens (primary N) is 1. The Hall–Kier alpha value is -0.790. The summed E-state index contributed by atoms with van der Waals surface area (Å²) < 4.78 is 0. The van der Waals surface area contributed by atoms with Crippen LogP contribution in [0.5, 0.6) is 0 Å². The van der Waals surface area contributed by atoms with Gasteiger partial charge in [-0.05, 0) is 6.26 Å². The van der Waals surface area contributed by atoms with E-state index < -0.39 is 0 Å². The lowest BCUT2D eigenvalue weighted by molar-refractivity contribution is 0.0649. The number of thiazole rings is 1. The van der Waals surface area contributed by atoms with Crippen LogP contribution in [0.25, 0.3) is 0 Å². The third-order valence-electron chi connectivity index (χ3n) is 3.01. The molecule has 0 saturated carbocycles. The summed E-state index contributed by atoms with van der Waals surface area (Å²) in [7, 11) is 0. The molecule has 0 atom stereocenters. The minimum Gasteiger partial charge on any atom is -0.375 e. The molecular formula is C11H18N4OS2. The SMILES string of the molecule is CSCCN1CCN(C(=O)c2cnc(N)s2)CC1. The topological polar surface area (TPSA) is 62.5 Å². The fraction of sp³-hybridized carbons (Fsp3) is 0.636. The van der Waals surface area contributed by atoms with Crippen LogP contribution >= 0.6 is 23.1 Å². The summed E-state index contributed by atoms with van der Waals surface area (Å²) in [6.45, 7) is 4.62. The molecule has 1 aliphatic heterocycles. The average molecular weight is 286 g/mol. The normalized spacial score (nSPS) is 17.1. The lowest BCUT2D eigenvalue weighted by Crippen LogP contribution is -2.49. The fourth-order valence-corrected chi connectivity index (χ4v) is 3.03. The van der Waals surface area contributed by atoms with Gasteiger partial charge in [0.2, 0.25) is 0 Å². The summed E-state index contributed by atoms with van der Waals surface area (Å²) in [6, 6.07) is 0. The number of piperazine rings is 1. The van der Waals surface area contributed by atoms with Gasteiger partial charge in [0, 0.05) is 38.5 Å². The standard InChI is InChI=1S/C11H18N4OS2/c1-17-7-6-14-2-4-15(5-3-14)10(16)9-8-13-11(12)18-9/h8H,2-7H2,1H3,(H2,12,13). The van der Waals surface area contributed by atoms with Crippen LogP contribution in [0.1, 0.15) is 9.67 Å².